The lowest BCUT2D eigenvalue weighted by Gasteiger charge is -2.28. The summed E-state index contributed by atoms with van der Waals surface area (Å²) < 4.78 is 40.5. The molecule has 7 nitrogen and oxygen atoms in total. The molecule has 0 unspecified atom stereocenters. The van der Waals surface area contributed by atoms with E-state index in [0.717, 1.165) is 28.6 Å². The first kappa shape index (κ1) is 25.4. The number of hydrogen-bond donors (Lipinski definition) is 0. The smallest absolute Gasteiger partial charge is 0.254 e. The highest BCUT2D eigenvalue weighted by molar-refractivity contribution is 7.90. The van der Waals surface area contributed by atoms with E-state index >= 15 is 0 Å². The van der Waals surface area contributed by atoms with Gasteiger partial charge in [0.25, 0.3) is 5.91 Å². The maximum absolute atomic E-state index is 14.7. The molecule has 0 aliphatic carbocycles. The van der Waals surface area contributed by atoms with Gasteiger partial charge in [0, 0.05) is 53.7 Å². The first-order valence-electron chi connectivity index (χ1n) is 12.1. The van der Waals surface area contributed by atoms with Crippen LogP contribution in [0.25, 0.3) is 11.3 Å². The molecule has 9 heteroatoms. The van der Waals surface area contributed by atoms with Gasteiger partial charge >= 0.3 is 0 Å². The van der Waals surface area contributed by atoms with E-state index in [0.29, 0.717) is 35.3 Å². The van der Waals surface area contributed by atoms with Crippen molar-refractivity contribution in [1.29, 1.82) is 5.26 Å². The number of hydrogen-bond acceptors (Lipinski definition) is 5. The minimum atomic E-state index is -3.46. The number of nitriles is 1. The Kier molecular flexibility index (Phi) is 6.59. The lowest BCUT2D eigenvalue weighted by Crippen LogP contribution is -2.36. The molecule has 0 atom stereocenters. The Morgan fingerprint density at radius 3 is 2.63 bits per heavy atom. The van der Waals surface area contributed by atoms with Crippen molar-refractivity contribution in [2.24, 2.45) is 0 Å². The maximum Gasteiger partial charge on any atom is 0.254 e. The molecule has 0 fully saturated rings. The number of carbonyl (C=O) groups is 1. The SMILES string of the molecule is Cc1ccc(Cn2nc(-c3cccc(C#N)c3)c3c2CCN(C(=O)c2cccc(S(C)(=O)=O)c2)C3)c(F)c1. The summed E-state index contributed by atoms with van der Waals surface area (Å²) in [5.74, 6) is -0.587. The summed E-state index contributed by atoms with van der Waals surface area (Å²) in [7, 11) is -3.46. The highest BCUT2D eigenvalue weighted by Crippen LogP contribution is 2.32. The van der Waals surface area contributed by atoms with Crippen molar-refractivity contribution in [1.82, 2.24) is 14.7 Å². The lowest BCUT2D eigenvalue weighted by molar-refractivity contribution is 0.0733. The minimum absolute atomic E-state index is 0.0861. The number of fused-ring (bicyclic) bond motifs is 1. The molecule has 0 bridgehead atoms. The predicted octanol–water partition coefficient (Wildman–Crippen LogP) is 4.52. The molecule has 0 saturated carbocycles. The Hall–Kier alpha value is -4.29. The third-order valence-electron chi connectivity index (χ3n) is 6.72. The van der Waals surface area contributed by atoms with E-state index in [-0.39, 0.29) is 29.7 Å². The van der Waals surface area contributed by atoms with Crippen LogP contribution in [0, 0.1) is 24.1 Å². The zero-order valence-electron chi connectivity index (χ0n) is 21.0. The normalized spacial score (nSPS) is 13.2. The van der Waals surface area contributed by atoms with Crippen LogP contribution in [0.1, 0.15) is 38.3 Å². The second kappa shape index (κ2) is 9.88. The van der Waals surface area contributed by atoms with Gasteiger partial charge < -0.3 is 4.90 Å². The number of aryl methyl sites for hydroxylation is 1. The molecule has 1 aliphatic heterocycles. The number of aromatic nitrogens is 2. The van der Waals surface area contributed by atoms with E-state index in [4.69, 9.17) is 5.10 Å². The monoisotopic (exact) mass is 528 g/mol. The van der Waals surface area contributed by atoms with Gasteiger partial charge in [0.1, 0.15) is 5.82 Å². The van der Waals surface area contributed by atoms with Gasteiger partial charge in [-0.3, -0.25) is 9.48 Å². The number of rotatable bonds is 5. The molecule has 2 heterocycles. The van der Waals surface area contributed by atoms with Gasteiger partial charge in [-0.2, -0.15) is 10.4 Å². The van der Waals surface area contributed by atoms with Crippen LogP contribution < -0.4 is 0 Å². The van der Waals surface area contributed by atoms with Gasteiger partial charge in [-0.15, -0.1) is 0 Å². The molecule has 5 rings (SSSR count). The van der Waals surface area contributed by atoms with Crippen LogP contribution in [-0.2, 0) is 29.3 Å². The van der Waals surface area contributed by atoms with Gasteiger partial charge in [-0.1, -0.05) is 30.3 Å². The predicted molar refractivity (Wildman–Crippen MR) is 141 cm³/mol. The molecule has 1 aromatic heterocycles. The Bertz CT molecular complexity index is 1720. The van der Waals surface area contributed by atoms with Crippen LogP contribution in [0.4, 0.5) is 4.39 Å². The number of sulfone groups is 1. The quantitative estimate of drug-likeness (QED) is 0.380. The Labute approximate surface area is 220 Å². The van der Waals surface area contributed by atoms with Gasteiger partial charge in [-0.05, 0) is 48.9 Å². The summed E-state index contributed by atoms with van der Waals surface area (Å²) in [6, 6.07) is 20.4. The van der Waals surface area contributed by atoms with Crippen LogP contribution in [0.15, 0.2) is 71.6 Å². The van der Waals surface area contributed by atoms with Crippen molar-refractivity contribution in [3.05, 3.63) is 106 Å². The summed E-state index contributed by atoms with van der Waals surface area (Å²) >= 11 is 0. The Morgan fingerprint density at radius 2 is 1.89 bits per heavy atom. The fraction of sp³-hybridized carbons (Fsp3) is 0.207. The highest BCUT2D eigenvalue weighted by Gasteiger charge is 2.29. The second-order valence-corrected chi connectivity index (χ2v) is 11.5. The average Bonchev–Trinajstić information content (AvgIpc) is 3.27. The van der Waals surface area contributed by atoms with Gasteiger partial charge in [0.05, 0.1) is 28.8 Å². The first-order chi connectivity index (χ1) is 18.1. The van der Waals surface area contributed by atoms with Gasteiger partial charge in [0.15, 0.2) is 9.84 Å². The molecular formula is C29H25FN4O3S. The highest BCUT2D eigenvalue weighted by atomic mass is 32.2. The average molecular weight is 529 g/mol. The molecule has 0 saturated heterocycles. The van der Waals surface area contributed by atoms with Gasteiger partial charge in [0.2, 0.25) is 0 Å². The number of amides is 1. The molecule has 0 radical (unpaired) electrons. The minimum Gasteiger partial charge on any atom is -0.334 e. The largest absolute Gasteiger partial charge is 0.334 e. The fourth-order valence-corrected chi connectivity index (χ4v) is 5.41. The topological polar surface area (TPSA) is 96.1 Å². The molecule has 0 N–H and O–H groups in total. The van der Waals surface area contributed by atoms with Crippen molar-refractivity contribution in [3.8, 4) is 17.3 Å². The van der Waals surface area contributed by atoms with Crippen LogP contribution in [0.3, 0.4) is 0 Å². The summed E-state index contributed by atoms with van der Waals surface area (Å²) in [5, 5.41) is 14.2. The number of carbonyl (C=O) groups excluding carboxylic acids is 1. The second-order valence-electron chi connectivity index (χ2n) is 9.50. The molecule has 0 spiro atoms. The third-order valence-corrected chi connectivity index (χ3v) is 7.83. The Balaban J connectivity index is 1.54. The van der Waals surface area contributed by atoms with Crippen LogP contribution in [0.5, 0.6) is 0 Å². The molecule has 192 valence electrons. The molecule has 38 heavy (non-hydrogen) atoms. The van der Waals surface area contributed by atoms with E-state index in [1.54, 1.807) is 46.0 Å². The standard InChI is InChI=1S/C29H25FN4O3S/c1-19-9-10-23(26(30)13-19)17-34-27-11-12-33(29(35)22-7-4-8-24(15-22)38(2,36)37)18-25(27)28(32-34)21-6-3-5-20(14-21)16-31/h3-10,13-15H,11-12,17-18H2,1-2H3. The number of nitrogens with zero attached hydrogens (tertiary/aromatic N) is 4. The summed E-state index contributed by atoms with van der Waals surface area (Å²) in [6.07, 6.45) is 1.60. The maximum atomic E-state index is 14.7. The number of benzene rings is 3. The third kappa shape index (κ3) is 4.95. The molecule has 1 aliphatic rings. The van der Waals surface area contributed by atoms with Crippen molar-refractivity contribution >= 4 is 15.7 Å². The van der Waals surface area contributed by atoms with E-state index in [2.05, 4.69) is 6.07 Å². The summed E-state index contributed by atoms with van der Waals surface area (Å²) in [5.41, 5.74) is 5.20. The molecule has 4 aromatic rings. The van der Waals surface area contributed by atoms with Gasteiger partial charge in [-0.25, -0.2) is 12.8 Å². The van der Waals surface area contributed by atoms with Crippen LogP contribution in [-0.4, -0.2) is 41.8 Å². The van der Waals surface area contributed by atoms with Crippen LogP contribution >= 0.6 is 0 Å². The molecule has 3 aromatic carbocycles. The lowest BCUT2D eigenvalue weighted by atomic mass is 9.99. The summed E-state index contributed by atoms with van der Waals surface area (Å²) in [4.78, 5) is 15.2. The zero-order valence-corrected chi connectivity index (χ0v) is 21.8. The van der Waals surface area contributed by atoms with E-state index < -0.39 is 9.84 Å². The van der Waals surface area contributed by atoms with E-state index in [9.17, 15) is 22.9 Å². The first-order valence-corrected chi connectivity index (χ1v) is 14.0. The Morgan fingerprint density at radius 1 is 1.11 bits per heavy atom. The van der Waals surface area contributed by atoms with E-state index in [1.165, 1.54) is 18.2 Å². The number of halogens is 1. The fourth-order valence-electron chi connectivity index (χ4n) is 4.75. The molecular weight excluding hydrogens is 503 g/mol. The van der Waals surface area contributed by atoms with Crippen molar-refractivity contribution in [3.63, 3.8) is 0 Å². The molecule has 1 amide bonds. The van der Waals surface area contributed by atoms with Crippen molar-refractivity contribution < 1.29 is 17.6 Å². The van der Waals surface area contributed by atoms with Crippen LogP contribution in [0.2, 0.25) is 0 Å². The van der Waals surface area contributed by atoms with Crippen molar-refractivity contribution in [2.45, 2.75) is 31.3 Å². The van der Waals surface area contributed by atoms with Crippen molar-refractivity contribution in [2.75, 3.05) is 12.8 Å². The zero-order chi connectivity index (χ0) is 27.0. The summed E-state index contributed by atoms with van der Waals surface area (Å²) in [6.45, 7) is 2.71. The van der Waals surface area contributed by atoms with E-state index in [1.807, 2.05) is 19.1 Å².